The fourth-order valence-corrected chi connectivity index (χ4v) is 5.09. The van der Waals surface area contributed by atoms with Crippen molar-refractivity contribution in [2.75, 3.05) is 25.5 Å². The first-order chi connectivity index (χ1) is 18.3. The van der Waals surface area contributed by atoms with Crippen molar-refractivity contribution >= 4 is 39.9 Å². The van der Waals surface area contributed by atoms with Gasteiger partial charge in [-0.25, -0.2) is 9.97 Å². The lowest BCUT2D eigenvalue weighted by molar-refractivity contribution is -0.274. The number of nitrogens with one attached hydrogen (secondary N) is 1. The topological polar surface area (TPSA) is 85.8 Å². The number of piperidine rings is 2. The molecule has 2 aliphatic rings. The summed E-state index contributed by atoms with van der Waals surface area (Å²) < 4.78 is 91.7. The molecule has 2 heterocycles. The van der Waals surface area contributed by atoms with Crippen LogP contribution in [0.1, 0.15) is 6.42 Å². The van der Waals surface area contributed by atoms with Gasteiger partial charge in [0.15, 0.2) is 11.5 Å². The molecule has 2 bridgehead atoms. The minimum atomic E-state index is -4.93. The lowest BCUT2D eigenvalue weighted by Crippen LogP contribution is -2.63. The van der Waals surface area contributed by atoms with Crippen LogP contribution in [0.4, 0.5) is 37.8 Å². The zero-order chi connectivity index (χ0) is 28.1. The van der Waals surface area contributed by atoms with Gasteiger partial charge >= 0.3 is 18.4 Å². The number of carbonyl (C=O) groups is 1. The maximum absolute atomic E-state index is 12.9. The van der Waals surface area contributed by atoms with E-state index in [4.69, 9.17) is 21.1 Å². The molecule has 208 valence electrons. The largest absolute Gasteiger partial charge is 0.573 e. The molecule has 1 amide bonds. The number of methoxy groups -OCH3 is 1. The third-order valence-electron chi connectivity index (χ3n) is 6.58. The number of halogens is 7. The number of anilines is 2. The molecule has 3 atom stereocenters. The molecule has 1 aromatic heterocycles. The molecular weight excluding hydrogens is 558 g/mol. The maximum Gasteiger partial charge on any atom is 0.573 e. The minimum absolute atomic E-state index is 0.0693. The Morgan fingerprint density at radius 1 is 1.03 bits per heavy atom. The molecule has 0 spiro atoms. The number of carbonyl (C=O) groups excluding carboxylic acids is 1. The summed E-state index contributed by atoms with van der Waals surface area (Å²) in [5.74, 6) is -2.07. The van der Waals surface area contributed by atoms with Crippen LogP contribution < -0.4 is 19.5 Å². The van der Waals surface area contributed by atoms with Crippen LogP contribution in [-0.2, 0) is 4.79 Å². The number of likely N-dealkylation sites (tertiary alicyclic amines) is 1. The molecule has 0 unspecified atom stereocenters. The Labute approximate surface area is 221 Å². The Bertz CT molecular complexity index is 1410. The van der Waals surface area contributed by atoms with E-state index in [0.29, 0.717) is 34.5 Å². The van der Waals surface area contributed by atoms with Crippen LogP contribution in [0.5, 0.6) is 17.2 Å². The summed E-state index contributed by atoms with van der Waals surface area (Å²) in [6.45, 7) is -0.139. The number of hydrogen-bond acceptors (Lipinski definition) is 7. The van der Waals surface area contributed by atoms with E-state index >= 15 is 0 Å². The Balaban J connectivity index is 1.38. The molecule has 39 heavy (non-hydrogen) atoms. The van der Waals surface area contributed by atoms with Crippen molar-refractivity contribution in [1.82, 2.24) is 14.9 Å². The number of ether oxygens (including phenoxy) is 3. The van der Waals surface area contributed by atoms with Crippen molar-refractivity contribution in [3.8, 4) is 17.2 Å². The smallest absolute Gasteiger partial charge is 0.493 e. The van der Waals surface area contributed by atoms with Crippen molar-refractivity contribution in [1.29, 1.82) is 0 Å². The number of amides is 1. The third kappa shape index (κ3) is 5.56. The normalized spacial score (nSPS) is 20.8. The third-order valence-corrected chi connectivity index (χ3v) is 6.87. The van der Waals surface area contributed by atoms with Crippen molar-refractivity contribution in [3.63, 3.8) is 0 Å². The summed E-state index contributed by atoms with van der Waals surface area (Å²) >= 11 is 5.94. The number of aromatic nitrogens is 2. The second-order valence-corrected chi connectivity index (χ2v) is 9.51. The highest BCUT2D eigenvalue weighted by molar-refractivity contribution is 6.32. The highest BCUT2D eigenvalue weighted by Crippen LogP contribution is 2.46. The van der Waals surface area contributed by atoms with Crippen LogP contribution in [0.15, 0.2) is 36.7 Å². The van der Waals surface area contributed by atoms with Crippen LogP contribution in [0.2, 0.25) is 5.02 Å². The summed E-state index contributed by atoms with van der Waals surface area (Å²) in [7, 11) is 1.42. The maximum atomic E-state index is 12.9. The molecule has 2 aromatic carbocycles. The van der Waals surface area contributed by atoms with Crippen LogP contribution in [0.25, 0.3) is 10.9 Å². The molecule has 1 N–H and O–H groups in total. The SMILES string of the molecule is COc1cc2ncnc(Nc3ccc(OC(F)(F)F)c(Cl)c3)c2cc1O[C@H]1[C@@H]2C[C@H]1CN(C(=O)C(F)(F)F)C2. The van der Waals surface area contributed by atoms with Gasteiger partial charge in [-0.15, -0.1) is 13.2 Å². The molecule has 1 aliphatic heterocycles. The summed E-state index contributed by atoms with van der Waals surface area (Å²) in [5, 5.41) is 3.17. The van der Waals surface area contributed by atoms with E-state index in [9.17, 15) is 31.1 Å². The van der Waals surface area contributed by atoms with Gasteiger partial charge in [0.1, 0.15) is 24.0 Å². The Morgan fingerprint density at radius 2 is 1.74 bits per heavy atom. The molecule has 3 aromatic rings. The summed E-state index contributed by atoms with van der Waals surface area (Å²) in [4.78, 5) is 20.9. The number of nitrogens with zero attached hydrogens (tertiary/aromatic N) is 3. The predicted molar refractivity (Wildman–Crippen MR) is 126 cm³/mol. The predicted octanol–water partition coefficient (Wildman–Crippen LogP) is 5.72. The van der Waals surface area contributed by atoms with E-state index in [1.54, 1.807) is 12.1 Å². The van der Waals surface area contributed by atoms with E-state index in [1.165, 1.54) is 25.6 Å². The highest BCUT2D eigenvalue weighted by atomic mass is 35.5. The molecule has 8 nitrogen and oxygen atoms in total. The van der Waals surface area contributed by atoms with Gasteiger partial charge in [0.05, 0.1) is 17.6 Å². The Hall–Kier alpha value is -3.68. The van der Waals surface area contributed by atoms with E-state index in [1.807, 2.05) is 0 Å². The Morgan fingerprint density at radius 3 is 2.36 bits per heavy atom. The van der Waals surface area contributed by atoms with E-state index in [2.05, 4.69) is 20.0 Å². The van der Waals surface area contributed by atoms with Gasteiger partial charge in [0, 0.05) is 42.1 Å². The first-order valence-electron chi connectivity index (χ1n) is 11.5. The van der Waals surface area contributed by atoms with E-state index in [0.717, 1.165) is 11.0 Å². The molecule has 1 saturated carbocycles. The second kappa shape index (κ2) is 9.81. The lowest BCUT2D eigenvalue weighted by atomic mass is 9.68. The average molecular weight is 577 g/mol. The quantitative estimate of drug-likeness (QED) is 0.376. The number of benzene rings is 2. The van der Waals surface area contributed by atoms with Gasteiger partial charge in [-0.3, -0.25) is 4.79 Å². The van der Waals surface area contributed by atoms with Crippen molar-refractivity contribution < 1.29 is 45.3 Å². The van der Waals surface area contributed by atoms with E-state index in [-0.39, 0.29) is 35.8 Å². The molecule has 15 heteroatoms. The van der Waals surface area contributed by atoms with Crippen LogP contribution in [-0.4, -0.2) is 59.6 Å². The summed E-state index contributed by atoms with van der Waals surface area (Å²) in [6, 6.07) is 6.82. The molecule has 1 aliphatic carbocycles. The summed E-state index contributed by atoms with van der Waals surface area (Å²) in [5.41, 5.74) is 0.770. The fourth-order valence-electron chi connectivity index (χ4n) is 4.87. The van der Waals surface area contributed by atoms with Crippen molar-refractivity contribution in [3.05, 3.63) is 41.7 Å². The van der Waals surface area contributed by atoms with Gasteiger partial charge in [-0.1, -0.05) is 11.6 Å². The average Bonchev–Trinajstić information content (AvgIpc) is 2.87. The van der Waals surface area contributed by atoms with Crippen LogP contribution >= 0.6 is 11.6 Å². The zero-order valence-corrected chi connectivity index (χ0v) is 20.7. The highest BCUT2D eigenvalue weighted by Gasteiger charge is 2.53. The number of rotatable bonds is 6. The second-order valence-electron chi connectivity index (χ2n) is 9.11. The standard InChI is InChI=1S/C24H19ClF6N4O4/c1-37-18-7-16-14(6-19(18)38-20-11-4-12(20)9-35(8-11)22(36)23(26,27)28)21(33-10-32-16)34-13-2-3-17(15(25)5-13)39-24(29,30)31/h2-3,5-7,10-12,20H,4,8-9H2,1H3,(H,32,33,34)/t11-,12+,20+. The van der Waals surface area contributed by atoms with Gasteiger partial charge in [0.2, 0.25) is 0 Å². The number of hydrogen-bond donors (Lipinski definition) is 1. The Kier molecular flexibility index (Phi) is 6.77. The van der Waals surface area contributed by atoms with Crippen molar-refractivity contribution in [2.45, 2.75) is 25.1 Å². The molecule has 2 fully saturated rings. The number of fused-ring (bicyclic) bond motifs is 3. The lowest BCUT2D eigenvalue weighted by Gasteiger charge is -2.52. The summed E-state index contributed by atoms with van der Waals surface area (Å²) in [6.07, 6.45) is -8.35. The fraction of sp³-hybridized carbons (Fsp3) is 0.375. The van der Waals surface area contributed by atoms with Gasteiger partial charge in [0.25, 0.3) is 0 Å². The van der Waals surface area contributed by atoms with Crippen LogP contribution in [0, 0.1) is 11.8 Å². The molecule has 1 saturated heterocycles. The first kappa shape index (κ1) is 26.9. The molecule has 0 radical (unpaired) electrons. The van der Waals surface area contributed by atoms with Crippen molar-refractivity contribution in [2.24, 2.45) is 11.8 Å². The zero-order valence-electron chi connectivity index (χ0n) is 19.9. The van der Waals surface area contributed by atoms with Gasteiger partial charge in [-0.05, 0) is 30.7 Å². The van der Waals surface area contributed by atoms with Gasteiger partial charge in [-0.2, -0.15) is 13.2 Å². The first-order valence-corrected chi connectivity index (χ1v) is 11.9. The molecular formula is C24H19ClF6N4O4. The molecule has 5 rings (SSSR count). The minimum Gasteiger partial charge on any atom is -0.493 e. The van der Waals surface area contributed by atoms with E-state index < -0.39 is 30.3 Å². The van der Waals surface area contributed by atoms with Crippen LogP contribution in [0.3, 0.4) is 0 Å². The van der Waals surface area contributed by atoms with Gasteiger partial charge < -0.3 is 24.4 Å². The monoisotopic (exact) mass is 576 g/mol. The number of alkyl halides is 6.